The van der Waals surface area contributed by atoms with Crippen LogP contribution in [0.15, 0.2) is 24.3 Å². The highest BCUT2D eigenvalue weighted by atomic mass is 16.5. The Morgan fingerprint density at radius 1 is 0.974 bits per heavy atom. The van der Waals surface area contributed by atoms with Gasteiger partial charge in [-0.15, -0.1) is 0 Å². The van der Waals surface area contributed by atoms with Crippen LogP contribution in [0.25, 0.3) is 0 Å². The maximum Gasteiger partial charge on any atom is 0.249 e. The molecule has 1 spiro atoms. The van der Waals surface area contributed by atoms with Crippen LogP contribution in [0, 0.1) is 17.8 Å². The van der Waals surface area contributed by atoms with Gasteiger partial charge in [0.15, 0.2) is 0 Å². The zero-order chi connectivity index (χ0) is 27.2. The minimum atomic E-state index is -1.25. The predicted molar refractivity (Wildman–Crippen MR) is 144 cm³/mol. The maximum absolute atomic E-state index is 14.6. The van der Waals surface area contributed by atoms with Gasteiger partial charge in [-0.1, -0.05) is 71.3 Å². The number of nitrogens with zero attached hydrogens (tertiary/aromatic N) is 3. The highest BCUT2D eigenvalue weighted by Gasteiger charge is 2.76. The standard InChI is InChI=1S/C30H45N3O5/c1-5-16-31-17-10-14-29(6-2)23(26(31)35)24-27(36)33(22(19-34)20(3)4)25-28(37)32(21-12-8-7-9-13-21)18-11-15-30(24,25)38-29/h10-11,14-15,20-25,34H,5-9,12-13,16-19H2,1-4H3/t22-,23+,24-,25?,29-,30-/m0/s1. The molecule has 1 unspecified atom stereocenters. The third-order valence-corrected chi connectivity index (χ3v) is 9.82. The Labute approximate surface area is 227 Å². The summed E-state index contributed by atoms with van der Waals surface area (Å²) in [7, 11) is 0. The molecule has 1 N–H and O–H groups in total. The van der Waals surface area contributed by atoms with Crippen LogP contribution in [0.1, 0.15) is 72.6 Å². The van der Waals surface area contributed by atoms with E-state index in [0.29, 0.717) is 26.1 Å². The van der Waals surface area contributed by atoms with Crippen molar-refractivity contribution in [3.8, 4) is 0 Å². The van der Waals surface area contributed by atoms with Crippen LogP contribution >= 0.6 is 0 Å². The van der Waals surface area contributed by atoms with Crippen molar-refractivity contribution in [3.63, 3.8) is 0 Å². The normalized spacial score (nSPS) is 36.4. The maximum atomic E-state index is 14.6. The lowest BCUT2D eigenvalue weighted by atomic mass is 9.73. The average molecular weight is 528 g/mol. The molecular formula is C30H45N3O5. The summed E-state index contributed by atoms with van der Waals surface area (Å²) in [5, 5.41) is 10.5. The second-order valence-electron chi connectivity index (χ2n) is 12.2. The minimum Gasteiger partial charge on any atom is -0.394 e. The third-order valence-electron chi connectivity index (χ3n) is 9.82. The summed E-state index contributed by atoms with van der Waals surface area (Å²) in [6.45, 7) is 9.29. The Hall–Kier alpha value is -2.19. The smallest absolute Gasteiger partial charge is 0.249 e. The number of aliphatic hydroxyl groups excluding tert-OH is 1. The van der Waals surface area contributed by atoms with Gasteiger partial charge in [-0.2, -0.15) is 0 Å². The number of fused-ring (bicyclic) bond motifs is 2. The van der Waals surface area contributed by atoms with Gasteiger partial charge in [-0.25, -0.2) is 0 Å². The van der Waals surface area contributed by atoms with E-state index in [1.807, 2.05) is 61.8 Å². The van der Waals surface area contributed by atoms with Gasteiger partial charge in [0.25, 0.3) is 0 Å². The molecule has 8 heteroatoms. The molecule has 2 saturated heterocycles. The van der Waals surface area contributed by atoms with E-state index >= 15 is 0 Å². The van der Waals surface area contributed by atoms with Gasteiger partial charge in [0.2, 0.25) is 17.7 Å². The van der Waals surface area contributed by atoms with Gasteiger partial charge in [0, 0.05) is 25.7 Å². The second-order valence-corrected chi connectivity index (χ2v) is 12.2. The van der Waals surface area contributed by atoms with E-state index in [1.165, 1.54) is 6.42 Å². The molecule has 3 fully saturated rings. The van der Waals surface area contributed by atoms with E-state index in [-0.39, 0.29) is 36.3 Å². The fraction of sp³-hybridized carbons (Fsp3) is 0.767. The van der Waals surface area contributed by atoms with E-state index < -0.39 is 35.1 Å². The Morgan fingerprint density at radius 3 is 2.32 bits per heavy atom. The number of amides is 3. The fourth-order valence-corrected chi connectivity index (χ4v) is 7.94. The molecule has 0 aromatic rings. The molecule has 5 rings (SSSR count). The number of hydrogen-bond donors (Lipinski definition) is 1. The number of carbonyl (C=O) groups excluding carboxylic acids is 3. The van der Waals surface area contributed by atoms with Crippen molar-refractivity contribution >= 4 is 17.7 Å². The largest absolute Gasteiger partial charge is 0.394 e. The number of carbonyl (C=O) groups is 3. The summed E-state index contributed by atoms with van der Waals surface area (Å²) in [4.78, 5) is 48.7. The topological polar surface area (TPSA) is 90.4 Å². The molecule has 6 atom stereocenters. The highest BCUT2D eigenvalue weighted by molar-refractivity contribution is 6.00. The molecule has 4 aliphatic heterocycles. The molecule has 5 aliphatic rings. The van der Waals surface area contributed by atoms with Crippen molar-refractivity contribution in [1.82, 2.24) is 14.7 Å². The molecule has 0 bridgehead atoms. The van der Waals surface area contributed by atoms with Gasteiger partial charge in [0.05, 0.1) is 30.1 Å². The predicted octanol–water partition coefficient (Wildman–Crippen LogP) is 2.90. The highest BCUT2D eigenvalue weighted by Crippen LogP contribution is 2.59. The number of hydrogen-bond acceptors (Lipinski definition) is 5. The summed E-state index contributed by atoms with van der Waals surface area (Å²) in [5.74, 6) is -2.04. The lowest BCUT2D eigenvalue weighted by Gasteiger charge is -2.43. The van der Waals surface area contributed by atoms with Crippen LogP contribution in [0.5, 0.6) is 0 Å². The van der Waals surface area contributed by atoms with Crippen molar-refractivity contribution in [2.75, 3.05) is 26.2 Å². The van der Waals surface area contributed by atoms with Crippen molar-refractivity contribution in [2.24, 2.45) is 17.8 Å². The van der Waals surface area contributed by atoms with E-state index in [2.05, 4.69) is 0 Å². The van der Waals surface area contributed by atoms with Crippen LogP contribution in [-0.4, -0.2) is 93.1 Å². The third kappa shape index (κ3) is 3.96. The van der Waals surface area contributed by atoms with Crippen molar-refractivity contribution in [1.29, 1.82) is 0 Å². The average Bonchev–Trinajstić information content (AvgIpc) is 3.20. The van der Waals surface area contributed by atoms with Gasteiger partial charge >= 0.3 is 0 Å². The van der Waals surface area contributed by atoms with E-state index in [4.69, 9.17) is 4.74 Å². The number of aliphatic hydroxyl groups is 1. The Bertz CT molecular complexity index is 1000. The van der Waals surface area contributed by atoms with Crippen molar-refractivity contribution in [2.45, 2.75) is 102 Å². The quantitative estimate of drug-likeness (QED) is 0.514. The molecule has 4 heterocycles. The molecule has 1 saturated carbocycles. The van der Waals surface area contributed by atoms with Gasteiger partial charge in [0.1, 0.15) is 11.6 Å². The molecule has 38 heavy (non-hydrogen) atoms. The zero-order valence-electron chi connectivity index (χ0n) is 23.5. The monoisotopic (exact) mass is 527 g/mol. The lowest BCUT2D eigenvalue weighted by molar-refractivity contribution is -0.159. The van der Waals surface area contributed by atoms with Crippen molar-refractivity contribution < 1.29 is 24.2 Å². The summed E-state index contributed by atoms with van der Waals surface area (Å²) in [6, 6.07) is -1.31. The SMILES string of the molecule is CCCN1CC=C[C@]2(CC)O[C@]34C=CCN(C5CCCCC5)C(=O)C3N([C@@H](CO)C(C)C)C(=O)[C@@H]4[C@@H]2C1=O. The molecule has 8 nitrogen and oxygen atoms in total. The zero-order valence-corrected chi connectivity index (χ0v) is 23.5. The number of rotatable bonds is 7. The van der Waals surface area contributed by atoms with Crippen LogP contribution < -0.4 is 0 Å². The summed E-state index contributed by atoms with van der Waals surface area (Å²) >= 11 is 0. The number of likely N-dealkylation sites (tertiary alicyclic amines) is 1. The summed E-state index contributed by atoms with van der Waals surface area (Å²) < 4.78 is 7.04. The van der Waals surface area contributed by atoms with Crippen LogP contribution in [0.3, 0.4) is 0 Å². The Morgan fingerprint density at radius 2 is 1.68 bits per heavy atom. The van der Waals surface area contributed by atoms with Gasteiger partial charge in [-0.05, 0) is 31.6 Å². The Kier molecular flexibility index (Phi) is 7.50. The molecule has 210 valence electrons. The number of ether oxygens (including phenoxy) is 1. The first kappa shape index (κ1) is 27.4. The minimum absolute atomic E-state index is 0.0692. The fourth-order valence-electron chi connectivity index (χ4n) is 7.94. The molecule has 0 aromatic carbocycles. The van der Waals surface area contributed by atoms with Crippen LogP contribution in [-0.2, 0) is 19.1 Å². The molecular weight excluding hydrogens is 482 g/mol. The van der Waals surface area contributed by atoms with Gasteiger partial charge < -0.3 is 24.5 Å². The van der Waals surface area contributed by atoms with Crippen LogP contribution in [0.4, 0.5) is 0 Å². The van der Waals surface area contributed by atoms with E-state index in [9.17, 15) is 19.5 Å². The first-order valence-corrected chi connectivity index (χ1v) is 14.8. The van der Waals surface area contributed by atoms with E-state index in [1.54, 1.807) is 4.90 Å². The molecule has 1 aliphatic carbocycles. The summed E-state index contributed by atoms with van der Waals surface area (Å²) in [5.41, 5.74) is -2.21. The Balaban J connectivity index is 1.66. The van der Waals surface area contributed by atoms with Crippen molar-refractivity contribution in [3.05, 3.63) is 24.3 Å². The van der Waals surface area contributed by atoms with E-state index in [0.717, 1.165) is 32.1 Å². The van der Waals surface area contributed by atoms with Crippen LogP contribution in [0.2, 0.25) is 0 Å². The van der Waals surface area contributed by atoms with Gasteiger partial charge in [-0.3, -0.25) is 14.4 Å². The summed E-state index contributed by atoms with van der Waals surface area (Å²) in [6.07, 6.45) is 14.5. The molecule has 0 aromatic heterocycles. The molecule has 0 radical (unpaired) electrons. The first-order valence-electron chi connectivity index (χ1n) is 14.8. The lowest BCUT2D eigenvalue weighted by Crippen LogP contribution is -2.61. The second kappa shape index (κ2) is 10.4. The molecule has 3 amide bonds. The first-order chi connectivity index (χ1) is 18.3.